The SMILES string of the molecule is Cc1cc(N)cc(S(=O)(=O)NCc2cccnn2)c1. The first-order valence-corrected chi connectivity index (χ1v) is 7.09. The first-order chi connectivity index (χ1) is 8.97. The fourth-order valence-corrected chi connectivity index (χ4v) is 2.75. The van der Waals surface area contributed by atoms with E-state index in [1.54, 1.807) is 31.2 Å². The smallest absolute Gasteiger partial charge is 0.241 e. The van der Waals surface area contributed by atoms with Crippen LogP contribution >= 0.6 is 0 Å². The Morgan fingerprint density at radius 1 is 1.32 bits per heavy atom. The van der Waals surface area contributed by atoms with Crippen LogP contribution in [0.3, 0.4) is 0 Å². The van der Waals surface area contributed by atoms with Crippen molar-refractivity contribution in [3.05, 3.63) is 47.8 Å². The summed E-state index contributed by atoms with van der Waals surface area (Å²) in [6, 6.07) is 8.09. The summed E-state index contributed by atoms with van der Waals surface area (Å²) < 4.78 is 26.7. The van der Waals surface area contributed by atoms with Gasteiger partial charge >= 0.3 is 0 Å². The molecule has 1 aromatic heterocycles. The minimum absolute atomic E-state index is 0.0873. The molecular formula is C12H14N4O2S. The zero-order valence-corrected chi connectivity index (χ0v) is 11.2. The molecule has 0 fully saturated rings. The van der Waals surface area contributed by atoms with Gasteiger partial charge in [-0.15, -0.1) is 0 Å². The number of aryl methyl sites for hydroxylation is 1. The van der Waals surface area contributed by atoms with E-state index < -0.39 is 10.0 Å². The summed E-state index contributed by atoms with van der Waals surface area (Å²) in [5.41, 5.74) is 7.40. The molecule has 3 N–H and O–H groups in total. The van der Waals surface area contributed by atoms with E-state index >= 15 is 0 Å². The zero-order chi connectivity index (χ0) is 13.9. The number of nitrogens with zero attached hydrogens (tertiary/aromatic N) is 2. The van der Waals surface area contributed by atoms with Crippen molar-refractivity contribution >= 4 is 15.7 Å². The van der Waals surface area contributed by atoms with Gasteiger partial charge < -0.3 is 5.73 Å². The summed E-state index contributed by atoms with van der Waals surface area (Å²) in [6.07, 6.45) is 1.53. The average molecular weight is 278 g/mol. The van der Waals surface area contributed by atoms with Gasteiger partial charge in [0.15, 0.2) is 0 Å². The van der Waals surface area contributed by atoms with Crippen LogP contribution in [0.15, 0.2) is 41.4 Å². The fraction of sp³-hybridized carbons (Fsp3) is 0.167. The lowest BCUT2D eigenvalue weighted by molar-refractivity contribution is 0.580. The molecule has 6 nitrogen and oxygen atoms in total. The highest BCUT2D eigenvalue weighted by atomic mass is 32.2. The van der Waals surface area contributed by atoms with Crippen LogP contribution in [0.5, 0.6) is 0 Å². The molecule has 0 radical (unpaired) electrons. The number of nitrogens with one attached hydrogen (secondary N) is 1. The minimum Gasteiger partial charge on any atom is -0.399 e. The van der Waals surface area contributed by atoms with E-state index in [2.05, 4.69) is 14.9 Å². The van der Waals surface area contributed by atoms with E-state index in [-0.39, 0.29) is 11.4 Å². The summed E-state index contributed by atoms with van der Waals surface area (Å²) in [6.45, 7) is 1.88. The first kappa shape index (κ1) is 13.4. The molecule has 0 saturated heterocycles. The maximum atomic E-state index is 12.1. The molecule has 0 bridgehead atoms. The van der Waals surface area contributed by atoms with Gasteiger partial charge in [-0.3, -0.25) is 0 Å². The third-order valence-electron chi connectivity index (χ3n) is 2.45. The van der Waals surface area contributed by atoms with Gasteiger partial charge in [0, 0.05) is 11.9 Å². The largest absolute Gasteiger partial charge is 0.399 e. The first-order valence-electron chi connectivity index (χ1n) is 5.61. The van der Waals surface area contributed by atoms with E-state index in [9.17, 15) is 8.42 Å². The van der Waals surface area contributed by atoms with Crippen LogP contribution in [0.1, 0.15) is 11.3 Å². The van der Waals surface area contributed by atoms with E-state index in [4.69, 9.17) is 5.73 Å². The fourth-order valence-electron chi connectivity index (χ4n) is 1.61. The highest BCUT2D eigenvalue weighted by molar-refractivity contribution is 7.89. The van der Waals surface area contributed by atoms with Gasteiger partial charge in [0.1, 0.15) is 0 Å². The van der Waals surface area contributed by atoms with Crippen LogP contribution in [0.2, 0.25) is 0 Å². The topological polar surface area (TPSA) is 98.0 Å². The van der Waals surface area contributed by atoms with Crippen LogP contribution in [0, 0.1) is 6.92 Å². The second kappa shape index (κ2) is 5.33. The number of nitrogen functional groups attached to an aromatic ring is 1. The molecule has 0 saturated carbocycles. The number of sulfonamides is 1. The maximum absolute atomic E-state index is 12.1. The van der Waals surface area contributed by atoms with E-state index in [0.29, 0.717) is 11.4 Å². The molecule has 0 unspecified atom stereocenters. The number of nitrogens with two attached hydrogens (primary N) is 1. The molecule has 0 aliphatic carbocycles. The quantitative estimate of drug-likeness (QED) is 0.808. The monoisotopic (exact) mass is 278 g/mol. The molecule has 0 aliphatic heterocycles. The third kappa shape index (κ3) is 3.49. The average Bonchev–Trinajstić information content (AvgIpc) is 2.37. The van der Waals surface area contributed by atoms with Crippen LogP contribution in [-0.4, -0.2) is 18.6 Å². The molecule has 2 rings (SSSR count). The number of hydrogen-bond donors (Lipinski definition) is 2. The molecule has 100 valence electrons. The summed E-state index contributed by atoms with van der Waals surface area (Å²) in [5, 5.41) is 7.49. The zero-order valence-electron chi connectivity index (χ0n) is 10.4. The highest BCUT2D eigenvalue weighted by Gasteiger charge is 2.14. The molecule has 1 heterocycles. The molecule has 0 spiro atoms. The van der Waals surface area contributed by atoms with Gasteiger partial charge in [0.2, 0.25) is 10.0 Å². The van der Waals surface area contributed by atoms with Crippen molar-refractivity contribution in [2.45, 2.75) is 18.4 Å². The lowest BCUT2D eigenvalue weighted by Gasteiger charge is -2.08. The van der Waals surface area contributed by atoms with Gasteiger partial charge in [-0.2, -0.15) is 10.2 Å². The molecule has 0 amide bonds. The Kier molecular flexibility index (Phi) is 3.77. The lowest BCUT2D eigenvalue weighted by atomic mass is 10.2. The standard InChI is InChI=1S/C12H14N4O2S/c1-9-5-10(13)7-12(6-9)19(17,18)15-8-11-3-2-4-14-16-11/h2-7,15H,8,13H2,1H3. The minimum atomic E-state index is -3.60. The Hall–Kier alpha value is -1.99. The van der Waals surface area contributed by atoms with Gasteiger partial charge in [-0.25, -0.2) is 13.1 Å². The maximum Gasteiger partial charge on any atom is 0.241 e. The van der Waals surface area contributed by atoms with Gasteiger partial charge in [0.05, 0.1) is 17.1 Å². The normalized spacial score (nSPS) is 11.4. The molecule has 19 heavy (non-hydrogen) atoms. The summed E-state index contributed by atoms with van der Waals surface area (Å²) >= 11 is 0. The van der Waals surface area contributed by atoms with E-state index in [1.165, 1.54) is 12.3 Å². The summed E-state index contributed by atoms with van der Waals surface area (Å²) in [4.78, 5) is 0.147. The van der Waals surface area contributed by atoms with Crippen molar-refractivity contribution in [2.75, 3.05) is 5.73 Å². The van der Waals surface area contributed by atoms with Crippen molar-refractivity contribution in [1.29, 1.82) is 0 Å². The van der Waals surface area contributed by atoms with Crippen LogP contribution in [0.4, 0.5) is 5.69 Å². The Morgan fingerprint density at radius 3 is 2.74 bits per heavy atom. The molecule has 7 heteroatoms. The Labute approximate surface area is 111 Å². The van der Waals surface area contributed by atoms with Crippen molar-refractivity contribution in [2.24, 2.45) is 0 Å². The number of anilines is 1. The number of benzene rings is 1. The summed E-state index contributed by atoms with van der Waals surface area (Å²) in [5.74, 6) is 0. The van der Waals surface area contributed by atoms with Crippen LogP contribution in [0.25, 0.3) is 0 Å². The third-order valence-corrected chi connectivity index (χ3v) is 3.84. The summed E-state index contributed by atoms with van der Waals surface area (Å²) in [7, 11) is -3.60. The highest BCUT2D eigenvalue weighted by Crippen LogP contribution is 2.16. The Morgan fingerprint density at radius 2 is 2.11 bits per heavy atom. The molecule has 1 aromatic carbocycles. The molecule has 0 aliphatic rings. The Bertz CT molecular complexity index is 651. The number of aromatic nitrogens is 2. The molecule has 0 atom stereocenters. The lowest BCUT2D eigenvalue weighted by Crippen LogP contribution is -2.24. The van der Waals surface area contributed by atoms with Crippen molar-refractivity contribution in [3.8, 4) is 0 Å². The van der Waals surface area contributed by atoms with Gasteiger partial charge in [-0.1, -0.05) is 0 Å². The van der Waals surface area contributed by atoms with Crippen LogP contribution in [-0.2, 0) is 16.6 Å². The van der Waals surface area contributed by atoms with Crippen molar-refractivity contribution < 1.29 is 8.42 Å². The van der Waals surface area contributed by atoms with Gasteiger partial charge in [-0.05, 0) is 42.8 Å². The number of rotatable bonds is 4. The van der Waals surface area contributed by atoms with Crippen molar-refractivity contribution in [1.82, 2.24) is 14.9 Å². The van der Waals surface area contributed by atoms with E-state index in [0.717, 1.165) is 5.56 Å². The predicted molar refractivity (Wildman–Crippen MR) is 71.6 cm³/mol. The second-order valence-corrected chi connectivity index (χ2v) is 5.89. The van der Waals surface area contributed by atoms with Crippen LogP contribution < -0.4 is 10.5 Å². The predicted octanol–water partition coefficient (Wildman–Crippen LogP) is 0.846. The van der Waals surface area contributed by atoms with Crippen molar-refractivity contribution in [3.63, 3.8) is 0 Å². The number of hydrogen-bond acceptors (Lipinski definition) is 5. The van der Waals surface area contributed by atoms with E-state index in [1.807, 2.05) is 0 Å². The second-order valence-electron chi connectivity index (χ2n) is 4.12. The molecule has 2 aromatic rings. The Balaban J connectivity index is 2.19. The van der Waals surface area contributed by atoms with Gasteiger partial charge in [0.25, 0.3) is 0 Å². The molecular weight excluding hydrogens is 264 g/mol.